The molecule has 1 aliphatic rings. The van der Waals surface area contributed by atoms with E-state index >= 15 is 0 Å². The zero-order valence-electron chi connectivity index (χ0n) is 15.8. The lowest BCUT2D eigenvalue weighted by molar-refractivity contribution is 0.0391. The molecule has 2 aromatic carbocycles. The summed E-state index contributed by atoms with van der Waals surface area (Å²) in [5, 5.41) is 0.724. The summed E-state index contributed by atoms with van der Waals surface area (Å²) < 4.78 is 11.8. The molecule has 0 atom stereocenters. The van der Waals surface area contributed by atoms with E-state index in [9.17, 15) is 4.79 Å². The summed E-state index contributed by atoms with van der Waals surface area (Å²) in [4.78, 5) is 22.2. The molecule has 7 heteroatoms. The molecule has 0 saturated carbocycles. The predicted octanol–water partition coefficient (Wildman–Crippen LogP) is 3.28. The smallest absolute Gasteiger partial charge is 0.260 e. The summed E-state index contributed by atoms with van der Waals surface area (Å²) >= 11 is 1.54. The predicted molar refractivity (Wildman–Crippen MR) is 112 cm³/mol. The van der Waals surface area contributed by atoms with Crippen molar-refractivity contribution in [3.8, 4) is 5.75 Å². The fourth-order valence-corrected chi connectivity index (χ4v) is 4.23. The van der Waals surface area contributed by atoms with Crippen molar-refractivity contribution >= 4 is 32.6 Å². The lowest BCUT2D eigenvalue weighted by Crippen LogP contribution is -2.43. The van der Waals surface area contributed by atoms with Gasteiger partial charge in [-0.3, -0.25) is 14.6 Å². The minimum absolute atomic E-state index is 0.0637. The molecule has 0 N–H and O–H groups in total. The van der Waals surface area contributed by atoms with Crippen molar-refractivity contribution in [3.63, 3.8) is 0 Å². The molecule has 0 aliphatic carbocycles. The van der Waals surface area contributed by atoms with Gasteiger partial charge >= 0.3 is 0 Å². The number of aromatic nitrogens is 1. The molecule has 1 aromatic heterocycles. The van der Waals surface area contributed by atoms with Crippen LogP contribution in [0.5, 0.6) is 5.75 Å². The third kappa shape index (κ3) is 4.16. The van der Waals surface area contributed by atoms with Gasteiger partial charge in [0.25, 0.3) is 5.91 Å². The Hall–Kier alpha value is -2.48. The molecule has 2 heterocycles. The van der Waals surface area contributed by atoms with Crippen LogP contribution in [0.25, 0.3) is 10.2 Å². The molecule has 28 heavy (non-hydrogen) atoms. The van der Waals surface area contributed by atoms with E-state index in [1.54, 1.807) is 29.4 Å². The molecule has 6 nitrogen and oxygen atoms in total. The lowest BCUT2D eigenvalue weighted by atomic mass is 10.2. The summed E-state index contributed by atoms with van der Waals surface area (Å²) in [6, 6.07) is 15.2. The monoisotopic (exact) mass is 397 g/mol. The fraction of sp³-hybridized carbons (Fsp3) is 0.333. The Morgan fingerprint density at radius 2 is 2.04 bits per heavy atom. The van der Waals surface area contributed by atoms with Gasteiger partial charge in [0, 0.05) is 31.7 Å². The number of amides is 1. The number of morpholine rings is 1. The number of benzene rings is 2. The first-order valence-corrected chi connectivity index (χ1v) is 10.2. The number of methoxy groups -OCH3 is 1. The molecule has 1 amide bonds. The van der Waals surface area contributed by atoms with Crippen LogP contribution in [0.15, 0.2) is 48.5 Å². The maximum absolute atomic E-state index is 13.4. The molecule has 0 unspecified atom stereocenters. The minimum Gasteiger partial charge on any atom is -0.497 e. The Balaban J connectivity index is 1.62. The third-order valence-corrected chi connectivity index (χ3v) is 5.88. The standard InChI is InChI=1S/C21H23N3O3S/c1-26-17-6-4-5-16(15-17)20(25)24(10-9-23-11-13-27-14-12-23)21-22-18-7-2-3-8-19(18)28-21/h2-8,15H,9-14H2,1H3. The van der Waals surface area contributed by atoms with E-state index in [-0.39, 0.29) is 5.91 Å². The topological polar surface area (TPSA) is 54.9 Å². The molecule has 1 saturated heterocycles. The van der Waals surface area contributed by atoms with Crippen LogP contribution in [0, 0.1) is 0 Å². The SMILES string of the molecule is COc1cccc(C(=O)N(CCN2CCOCC2)c2nc3ccccc3s2)c1. The number of thiazole rings is 1. The summed E-state index contributed by atoms with van der Waals surface area (Å²) in [5.74, 6) is 0.606. The van der Waals surface area contributed by atoms with E-state index in [1.807, 2.05) is 42.5 Å². The van der Waals surface area contributed by atoms with E-state index in [2.05, 4.69) is 4.90 Å². The van der Waals surface area contributed by atoms with E-state index in [4.69, 9.17) is 14.5 Å². The number of anilines is 1. The second-order valence-electron chi connectivity index (χ2n) is 6.61. The van der Waals surface area contributed by atoms with E-state index < -0.39 is 0 Å². The Bertz CT molecular complexity index is 920. The summed E-state index contributed by atoms with van der Waals surface area (Å²) in [6.07, 6.45) is 0. The molecular formula is C21H23N3O3S. The van der Waals surface area contributed by atoms with Gasteiger partial charge in [0.05, 0.1) is 30.5 Å². The van der Waals surface area contributed by atoms with E-state index in [0.29, 0.717) is 17.9 Å². The summed E-state index contributed by atoms with van der Waals surface area (Å²) in [6.45, 7) is 4.63. The number of nitrogens with zero attached hydrogens (tertiary/aromatic N) is 3. The van der Waals surface area contributed by atoms with Gasteiger partial charge in [-0.2, -0.15) is 0 Å². The molecule has 0 radical (unpaired) electrons. The zero-order chi connectivity index (χ0) is 19.3. The van der Waals surface area contributed by atoms with Crippen molar-refractivity contribution in [2.45, 2.75) is 0 Å². The van der Waals surface area contributed by atoms with Crippen LogP contribution in [-0.2, 0) is 4.74 Å². The number of carbonyl (C=O) groups excluding carboxylic acids is 1. The van der Waals surface area contributed by atoms with Gasteiger partial charge in [-0.25, -0.2) is 4.98 Å². The van der Waals surface area contributed by atoms with Crippen LogP contribution < -0.4 is 9.64 Å². The fourth-order valence-electron chi connectivity index (χ4n) is 3.24. The van der Waals surface area contributed by atoms with Crippen LogP contribution in [-0.4, -0.2) is 62.3 Å². The van der Waals surface area contributed by atoms with Crippen molar-refractivity contribution in [3.05, 3.63) is 54.1 Å². The number of carbonyl (C=O) groups is 1. The van der Waals surface area contributed by atoms with Crippen molar-refractivity contribution in [1.29, 1.82) is 0 Å². The maximum Gasteiger partial charge on any atom is 0.260 e. The van der Waals surface area contributed by atoms with Crippen LogP contribution in [0.3, 0.4) is 0 Å². The molecule has 1 fully saturated rings. The number of hydrogen-bond acceptors (Lipinski definition) is 6. The van der Waals surface area contributed by atoms with E-state index in [1.165, 1.54) is 0 Å². The summed E-state index contributed by atoms with van der Waals surface area (Å²) in [7, 11) is 1.60. The zero-order valence-corrected chi connectivity index (χ0v) is 16.7. The maximum atomic E-state index is 13.4. The van der Waals surface area contributed by atoms with Gasteiger partial charge in [0.2, 0.25) is 0 Å². The number of rotatable bonds is 6. The van der Waals surface area contributed by atoms with Crippen LogP contribution in [0.2, 0.25) is 0 Å². The number of ether oxygens (including phenoxy) is 2. The highest BCUT2D eigenvalue weighted by Gasteiger charge is 2.23. The Labute approximate surface area is 168 Å². The largest absolute Gasteiger partial charge is 0.497 e. The van der Waals surface area contributed by atoms with Gasteiger partial charge in [-0.1, -0.05) is 29.5 Å². The first kappa shape index (κ1) is 18.9. The Kier molecular flexibility index (Phi) is 5.85. The highest BCUT2D eigenvalue weighted by molar-refractivity contribution is 7.22. The quantitative estimate of drug-likeness (QED) is 0.639. The van der Waals surface area contributed by atoms with Gasteiger partial charge in [0.15, 0.2) is 5.13 Å². The average molecular weight is 398 g/mol. The Morgan fingerprint density at radius 3 is 2.82 bits per heavy atom. The van der Waals surface area contributed by atoms with Crippen molar-refractivity contribution in [2.75, 3.05) is 51.4 Å². The van der Waals surface area contributed by atoms with Gasteiger partial charge in [-0.05, 0) is 30.3 Å². The number of hydrogen-bond donors (Lipinski definition) is 0. The first-order valence-electron chi connectivity index (χ1n) is 9.36. The molecule has 0 bridgehead atoms. The third-order valence-electron chi connectivity index (χ3n) is 4.82. The second-order valence-corrected chi connectivity index (χ2v) is 7.62. The minimum atomic E-state index is -0.0637. The van der Waals surface area contributed by atoms with Crippen molar-refractivity contribution in [1.82, 2.24) is 9.88 Å². The van der Waals surface area contributed by atoms with Crippen LogP contribution >= 0.6 is 11.3 Å². The molecule has 1 aliphatic heterocycles. The molecule has 146 valence electrons. The highest BCUT2D eigenvalue weighted by Crippen LogP contribution is 2.30. The van der Waals surface area contributed by atoms with Crippen LogP contribution in [0.4, 0.5) is 5.13 Å². The summed E-state index contributed by atoms with van der Waals surface area (Å²) in [5.41, 5.74) is 1.51. The number of para-hydroxylation sites is 1. The molecule has 4 rings (SSSR count). The van der Waals surface area contributed by atoms with Crippen molar-refractivity contribution in [2.24, 2.45) is 0 Å². The lowest BCUT2D eigenvalue weighted by Gasteiger charge is -2.29. The average Bonchev–Trinajstić information content (AvgIpc) is 3.18. The first-order chi connectivity index (χ1) is 13.7. The molecular weight excluding hydrogens is 374 g/mol. The molecule has 3 aromatic rings. The van der Waals surface area contributed by atoms with Gasteiger partial charge in [-0.15, -0.1) is 0 Å². The van der Waals surface area contributed by atoms with E-state index in [0.717, 1.165) is 48.2 Å². The highest BCUT2D eigenvalue weighted by atomic mass is 32.1. The van der Waals surface area contributed by atoms with Gasteiger partial charge < -0.3 is 9.47 Å². The van der Waals surface area contributed by atoms with Gasteiger partial charge in [0.1, 0.15) is 5.75 Å². The van der Waals surface area contributed by atoms with Crippen LogP contribution in [0.1, 0.15) is 10.4 Å². The Morgan fingerprint density at radius 1 is 1.21 bits per heavy atom. The van der Waals surface area contributed by atoms with Crippen molar-refractivity contribution < 1.29 is 14.3 Å². The second kappa shape index (κ2) is 8.68. The number of fused-ring (bicyclic) bond motifs is 1. The normalized spacial score (nSPS) is 14.9. The molecule has 0 spiro atoms.